The molecule has 20 heavy (non-hydrogen) atoms. The van der Waals surface area contributed by atoms with Crippen molar-refractivity contribution in [1.29, 1.82) is 0 Å². The van der Waals surface area contributed by atoms with Crippen LogP contribution in [0.2, 0.25) is 0 Å². The number of fused-ring (bicyclic) bond motifs is 3. The molecule has 0 fully saturated rings. The summed E-state index contributed by atoms with van der Waals surface area (Å²) in [5.41, 5.74) is 6.24. The van der Waals surface area contributed by atoms with Gasteiger partial charge in [0.05, 0.1) is 13.2 Å². The molecule has 0 unspecified atom stereocenters. The van der Waals surface area contributed by atoms with E-state index in [9.17, 15) is 0 Å². The van der Waals surface area contributed by atoms with Crippen molar-refractivity contribution in [3.8, 4) is 11.4 Å². The Bertz CT molecular complexity index is 621. The Labute approximate surface area is 115 Å². The van der Waals surface area contributed by atoms with E-state index in [0.29, 0.717) is 22.9 Å². The second kappa shape index (κ2) is 4.73. The molecule has 1 aromatic heterocycles. The maximum Gasteiger partial charge on any atom is 0.216 e. The number of nitrogen functional groups attached to an aromatic ring is 1. The molecule has 2 aromatic rings. The minimum Gasteiger partial charge on any atom is -0.472 e. The molecule has 1 aliphatic heterocycles. The quantitative estimate of drug-likeness (QED) is 0.793. The highest BCUT2D eigenvalue weighted by atomic mass is 16.6. The smallest absolute Gasteiger partial charge is 0.216 e. The average molecular weight is 277 g/mol. The monoisotopic (exact) mass is 277 g/mol. The number of hydrogen-bond donors (Lipinski definition) is 1. The van der Waals surface area contributed by atoms with Crippen LogP contribution in [-0.4, -0.2) is 47.6 Å². The lowest BCUT2D eigenvalue weighted by Crippen LogP contribution is -2.47. The van der Waals surface area contributed by atoms with Gasteiger partial charge in [-0.3, -0.25) is 0 Å². The zero-order chi connectivity index (χ0) is 14.2. The first-order valence-corrected chi connectivity index (χ1v) is 6.06. The molecule has 0 amide bonds. The van der Waals surface area contributed by atoms with Crippen molar-refractivity contribution in [1.82, 2.24) is 20.2 Å². The number of ether oxygens (including phenoxy) is 3. The zero-order valence-corrected chi connectivity index (χ0v) is 11.2. The molecular weight excluding hydrogens is 262 g/mol. The summed E-state index contributed by atoms with van der Waals surface area (Å²) < 4.78 is 18.2. The van der Waals surface area contributed by atoms with E-state index in [-0.39, 0.29) is 13.2 Å². The highest BCUT2D eigenvalue weighted by Crippen LogP contribution is 2.38. The first-order chi connectivity index (χ1) is 9.70. The van der Waals surface area contributed by atoms with Crippen molar-refractivity contribution < 1.29 is 14.2 Å². The molecule has 2 heterocycles. The molecule has 106 valence electrons. The van der Waals surface area contributed by atoms with Gasteiger partial charge in [-0.15, -0.1) is 5.10 Å². The molecule has 0 saturated carbocycles. The van der Waals surface area contributed by atoms with Gasteiger partial charge in [-0.05, 0) is 28.6 Å². The molecule has 0 bridgehead atoms. The Balaban J connectivity index is 2.17. The summed E-state index contributed by atoms with van der Waals surface area (Å²) in [4.78, 5) is 0. The molecule has 0 radical (unpaired) electrons. The predicted octanol–water partition coefficient (Wildman–Crippen LogP) is 0.125. The molecule has 1 aromatic carbocycles. The number of aromatic nitrogens is 4. The number of rotatable bonds is 4. The lowest BCUT2D eigenvalue weighted by Gasteiger charge is -2.35. The van der Waals surface area contributed by atoms with E-state index in [4.69, 9.17) is 19.9 Å². The van der Waals surface area contributed by atoms with E-state index < -0.39 is 5.60 Å². The fourth-order valence-corrected chi connectivity index (χ4v) is 2.37. The van der Waals surface area contributed by atoms with Gasteiger partial charge in [0, 0.05) is 19.9 Å². The number of anilines is 1. The average Bonchev–Trinajstić information content (AvgIpc) is 2.91. The number of benzene rings is 1. The van der Waals surface area contributed by atoms with E-state index in [1.54, 1.807) is 37.1 Å². The molecule has 0 atom stereocenters. The van der Waals surface area contributed by atoms with Crippen molar-refractivity contribution in [3.05, 3.63) is 24.0 Å². The fourth-order valence-electron chi connectivity index (χ4n) is 2.37. The van der Waals surface area contributed by atoms with E-state index in [2.05, 4.69) is 15.5 Å². The molecule has 3 rings (SSSR count). The minimum atomic E-state index is -0.879. The third-order valence-corrected chi connectivity index (χ3v) is 3.15. The fraction of sp³-hybridized carbons (Fsp3) is 0.417. The Morgan fingerprint density at radius 1 is 1.30 bits per heavy atom. The summed E-state index contributed by atoms with van der Waals surface area (Å²) >= 11 is 0. The van der Waals surface area contributed by atoms with Gasteiger partial charge in [-0.1, -0.05) is 0 Å². The van der Waals surface area contributed by atoms with Gasteiger partial charge in [-0.2, -0.15) is 4.68 Å². The van der Waals surface area contributed by atoms with Gasteiger partial charge in [0.25, 0.3) is 0 Å². The van der Waals surface area contributed by atoms with E-state index >= 15 is 0 Å². The summed E-state index contributed by atoms with van der Waals surface area (Å²) in [6.07, 6.45) is 0. The van der Waals surface area contributed by atoms with Gasteiger partial charge in [0.15, 0.2) is 0 Å². The van der Waals surface area contributed by atoms with Crippen molar-refractivity contribution >= 4 is 5.69 Å². The number of methoxy groups -OCH3 is 2. The van der Waals surface area contributed by atoms with Crippen LogP contribution in [0.4, 0.5) is 5.69 Å². The Kier molecular flexibility index (Phi) is 3.03. The third kappa shape index (κ3) is 1.81. The number of hydrogen-bond acceptors (Lipinski definition) is 7. The van der Waals surface area contributed by atoms with Gasteiger partial charge in [0.1, 0.15) is 11.4 Å². The molecule has 0 spiro atoms. The second-order valence-electron chi connectivity index (χ2n) is 4.60. The van der Waals surface area contributed by atoms with Crippen molar-refractivity contribution in [2.24, 2.45) is 0 Å². The van der Waals surface area contributed by atoms with Gasteiger partial charge in [-0.25, -0.2) is 0 Å². The number of tetrazole rings is 1. The van der Waals surface area contributed by atoms with Gasteiger partial charge in [0.2, 0.25) is 11.4 Å². The lowest BCUT2D eigenvalue weighted by molar-refractivity contribution is -0.0748. The van der Waals surface area contributed by atoms with Crippen LogP contribution in [0.15, 0.2) is 18.2 Å². The minimum absolute atomic E-state index is 0.269. The first-order valence-electron chi connectivity index (χ1n) is 6.06. The Morgan fingerprint density at radius 2 is 2.05 bits per heavy atom. The van der Waals surface area contributed by atoms with Crippen molar-refractivity contribution in [2.45, 2.75) is 5.60 Å². The number of nitrogens with zero attached hydrogens (tertiary/aromatic N) is 4. The van der Waals surface area contributed by atoms with Crippen LogP contribution in [0, 0.1) is 0 Å². The predicted molar refractivity (Wildman–Crippen MR) is 69.6 cm³/mol. The molecule has 2 N–H and O–H groups in total. The molecule has 1 aliphatic rings. The van der Waals surface area contributed by atoms with E-state index in [1.807, 2.05) is 0 Å². The van der Waals surface area contributed by atoms with Gasteiger partial charge >= 0.3 is 0 Å². The molecule has 0 saturated heterocycles. The lowest BCUT2D eigenvalue weighted by atomic mass is 10.0. The summed E-state index contributed by atoms with van der Waals surface area (Å²) in [7, 11) is 3.18. The van der Waals surface area contributed by atoms with Crippen LogP contribution in [0.3, 0.4) is 0 Å². The number of nitrogens with two attached hydrogens (primary N) is 1. The van der Waals surface area contributed by atoms with Crippen LogP contribution < -0.4 is 10.5 Å². The van der Waals surface area contributed by atoms with Gasteiger partial charge < -0.3 is 19.9 Å². The highest BCUT2D eigenvalue weighted by Gasteiger charge is 2.45. The maximum atomic E-state index is 6.07. The molecule has 0 aliphatic carbocycles. The Morgan fingerprint density at radius 3 is 2.75 bits per heavy atom. The largest absolute Gasteiger partial charge is 0.472 e. The van der Waals surface area contributed by atoms with Crippen LogP contribution in [0.1, 0.15) is 5.82 Å². The molecular formula is C12H15N5O3. The highest BCUT2D eigenvalue weighted by molar-refractivity contribution is 5.57. The standard InChI is InChI=1S/C12H15N5O3/c1-18-6-12(7-19-2)11-14-15-16-17(11)9-5-8(13)3-4-10(9)20-12/h3-5H,6-7,13H2,1-2H3. The van der Waals surface area contributed by atoms with Crippen molar-refractivity contribution in [2.75, 3.05) is 33.2 Å². The first kappa shape index (κ1) is 12.8. The topological polar surface area (TPSA) is 97.3 Å². The molecule has 8 heteroatoms. The summed E-state index contributed by atoms with van der Waals surface area (Å²) in [5.74, 6) is 1.16. The van der Waals surface area contributed by atoms with Crippen LogP contribution >= 0.6 is 0 Å². The summed E-state index contributed by atoms with van der Waals surface area (Å²) in [6, 6.07) is 5.31. The molecule has 8 nitrogen and oxygen atoms in total. The second-order valence-corrected chi connectivity index (χ2v) is 4.60. The van der Waals surface area contributed by atoms with Crippen LogP contribution in [0.25, 0.3) is 5.69 Å². The maximum absolute atomic E-state index is 6.07. The normalized spacial score (nSPS) is 15.3. The summed E-state index contributed by atoms with van der Waals surface area (Å²) in [5, 5.41) is 11.8. The summed E-state index contributed by atoms with van der Waals surface area (Å²) in [6.45, 7) is 0.538. The third-order valence-electron chi connectivity index (χ3n) is 3.15. The Hall–Kier alpha value is -2.19. The van der Waals surface area contributed by atoms with E-state index in [0.717, 1.165) is 0 Å². The SMILES string of the molecule is COCC1(COC)Oc2ccc(N)cc2-n2nnnc21. The van der Waals surface area contributed by atoms with E-state index in [1.165, 1.54) is 0 Å². The van der Waals surface area contributed by atoms with Crippen LogP contribution in [-0.2, 0) is 15.1 Å². The zero-order valence-electron chi connectivity index (χ0n) is 11.2. The van der Waals surface area contributed by atoms with Crippen LogP contribution in [0.5, 0.6) is 5.75 Å². The van der Waals surface area contributed by atoms with Crippen molar-refractivity contribution in [3.63, 3.8) is 0 Å².